The molecule has 1 aliphatic rings. The maximum absolute atomic E-state index is 12.7. The number of hydrogen-bond donors (Lipinski definition) is 2. The number of thiophene rings is 1. The average Bonchev–Trinajstić information content (AvgIpc) is 3.25. The van der Waals surface area contributed by atoms with Crippen LogP contribution in [-0.2, 0) is 27.7 Å². The van der Waals surface area contributed by atoms with Gasteiger partial charge in [-0.2, -0.15) is 4.98 Å². The van der Waals surface area contributed by atoms with Gasteiger partial charge in [-0.05, 0) is 55.2 Å². The molecule has 0 aliphatic heterocycles. The van der Waals surface area contributed by atoms with Crippen LogP contribution in [0.1, 0.15) is 47.5 Å². The van der Waals surface area contributed by atoms with Gasteiger partial charge in [0, 0.05) is 21.3 Å². The number of nitrogens with zero attached hydrogens (tertiary/aromatic N) is 2. The molecule has 4 aromatic rings. The molecular formula is C25H20Cl3N3O4S2. The highest BCUT2D eigenvalue weighted by atomic mass is 35.5. The minimum Gasteiger partial charge on any atom is -0.333 e. The molecule has 5 rings (SSSR count). The number of hydrogen-bond acceptors (Lipinski definition) is 6. The van der Waals surface area contributed by atoms with Crippen LogP contribution in [0.5, 0.6) is 0 Å². The van der Waals surface area contributed by atoms with Crippen molar-refractivity contribution in [2.75, 3.05) is 5.32 Å². The van der Waals surface area contributed by atoms with E-state index >= 15 is 0 Å². The Balaban J connectivity index is 1.31. The van der Waals surface area contributed by atoms with Crippen molar-refractivity contribution >= 4 is 68.8 Å². The number of rotatable bonds is 8. The van der Waals surface area contributed by atoms with E-state index in [2.05, 4.69) is 15.5 Å². The zero-order chi connectivity index (χ0) is 26.3. The highest BCUT2D eigenvalue weighted by molar-refractivity contribution is 7.79. The minimum atomic E-state index is -1.95. The highest BCUT2D eigenvalue weighted by Crippen LogP contribution is 2.57. The van der Waals surface area contributed by atoms with Crippen molar-refractivity contribution in [3.8, 4) is 10.8 Å². The molecule has 1 fully saturated rings. The number of carbonyl (C=O) groups is 1. The zero-order valence-electron chi connectivity index (χ0n) is 19.3. The third-order valence-corrected chi connectivity index (χ3v) is 9.00. The molecule has 2 aromatic heterocycles. The van der Waals surface area contributed by atoms with Gasteiger partial charge in [0.15, 0.2) is 16.9 Å². The van der Waals surface area contributed by atoms with Crippen molar-refractivity contribution in [3.05, 3.63) is 85.4 Å². The maximum Gasteiger partial charge on any atom is 0.268 e. The summed E-state index contributed by atoms with van der Waals surface area (Å²) in [6, 6.07) is 14.0. The number of aromatic nitrogens is 2. The second kappa shape index (κ2) is 10.5. The fraction of sp³-hybridized carbons (Fsp3) is 0.240. The van der Waals surface area contributed by atoms with Crippen molar-refractivity contribution in [1.29, 1.82) is 0 Å². The van der Waals surface area contributed by atoms with Gasteiger partial charge in [0.25, 0.3) is 5.89 Å². The molecule has 2 atom stereocenters. The first-order valence-electron chi connectivity index (χ1n) is 11.2. The number of benzene rings is 2. The first-order valence-corrected chi connectivity index (χ1v) is 14.4. The summed E-state index contributed by atoms with van der Waals surface area (Å²) in [5.41, 5.74) is 2.12. The summed E-state index contributed by atoms with van der Waals surface area (Å²) in [6.45, 7) is 1.66. The number of halogens is 3. The number of carbonyl (C=O) groups excluding carboxylic acids is 1. The summed E-state index contributed by atoms with van der Waals surface area (Å²) < 4.78 is 26.6. The predicted molar refractivity (Wildman–Crippen MR) is 147 cm³/mol. The Morgan fingerprint density at radius 3 is 2.41 bits per heavy atom. The van der Waals surface area contributed by atoms with Gasteiger partial charge < -0.3 is 14.4 Å². The van der Waals surface area contributed by atoms with Crippen LogP contribution >= 0.6 is 46.1 Å². The van der Waals surface area contributed by atoms with Crippen LogP contribution in [0.3, 0.4) is 0 Å². The van der Waals surface area contributed by atoms with Crippen LogP contribution in [0.4, 0.5) is 5.69 Å². The van der Waals surface area contributed by atoms with Crippen LogP contribution in [0, 0.1) is 0 Å². The Morgan fingerprint density at radius 1 is 1.16 bits per heavy atom. The second-order valence-corrected chi connectivity index (χ2v) is 12.6. The Hall–Kier alpha value is -2.27. The molecule has 1 saturated carbocycles. The summed E-state index contributed by atoms with van der Waals surface area (Å²) in [4.78, 5) is 18.0. The van der Waals surface area contributed by atoms with E-state index in [-0.39, 0.29) is 12.3 Å². The fourth-order valence-electron chi connectivity index (χ4n) is 4.17. The Morgan fingerprint density at radius 2 is 1.84 bits per heavy atom. The van der Waals surface area contributed by atoms with Crippen LogP contribution in [-0.4, -0.2) is 24.8 Å². The normalized spacial score (nSPS) is 15.8. The summed E-state index contributed by atoms with van der Waals surface area (Å²) in [5, 5.41) is 7.34. The topological polar surface area (TPSA) is 105 Å². The Labute approximate surface area is 234 Å². The number of nitrogens with one attached hydrogen (secondary N) is 1. The molecule has 37 heavy (non-hydrogen) atoms. The van der Waals surface area contributed by atoms with E-state index in [4.69, 9.17) is 39.3 Å². The molecule has 1 amide bonds. The molecule has 1 aliphatic carbocycles. The van der Waals surface area contributed by atoms with E-state index < -0.39 is 21.7 Å². The van der Waals surface area contributed by atoms with Gasteiger partial charge in [0.1, 0.15) is 0 Å². The SMILES string of the molecule is CC(c1ccc(CC(=O)Nc2cc(Cl)c(C3(c4noc(-c5ccc(Cl)s5)n4)CC3)c(Cl)c2)cc1)S(=O)O. The second-order valence-electron chi connectivity index (χ2n) is 8.81. The largest absolute Gasteiger partial charge is 0.333 e. The van der Waals surface area contributed by atoms with Crippen molar-refractivity contribution in [2.45, 2.75) is 36.9 Å². The van der Waals surface area contributed by atoms with Crippen molar-refractivity contribution in [3.63, 3.8) is 0 Å². The monoisotopic (exact) mass is 595 g/mol. The number of amides is 1. The molecule has 2 aromatic carbocycles. The predicted octanol–water partition coefficient (Wildman–Crippen LogP) is 7.30. The first-order chi connectivity index (χ1) is 17.7. The van der Waals surface area contributed by atoms with E-state index in [9.17, 15) is 13.6 Å². The summed E-state index contributed by atoms with van der Waals surface area (Å²) >= 11 is 18.8. The van der Waals surface area contributed by atoms with Gasteiger partial charge in [-0.15, -0.1) is 11.3 Å². The van der Waals surface area contributed by atoms with Crippen LogP contribution in [0.15, 0.2) is 53.1 Å². The highest BCUT2D eigenvalue weighted by Gasteiger charge is 2.52. The minimum absolute atomic E-state index is 0.121. The van der Waals surface area contributed by atoms with Crippen LogP contribution < -0.4 is 5.32 Å². The average molecular weight is 597 g/mol. The molecular weight excluding hydrogens is 577 g/mol. The lowest BCUT2D eigenvalue weighted by molar-refractivity contribution is -0.115. The molecule has 2 N–H and O–H groups in total. The van der Waals surface area contributed by atoms with Crippen molar-refractivity contribution in [2.24, 2.45) is 0 Å². The van der Waals surface area contributed by atoms with Crippen LogP contribution in [0.2, 0.25) is 14.4 Å². The Kier molecular flexibility index (Phi) is 7.46. The first kappa shape index (κ1) is 26.3. The third kappa shape index (κ3) is 5.48. The molecule has 2 unspecified atom stereocenters. The molecule has 2 heterocycles. The summed E-state index contributed by atoms with van der Waals surface area (Å²) in [7, 11) is 0. The maximum atomic E-state index is 12.7. The van der Waals surface area contributed by atoms with E-state index in [1.54, 1.807) is 49.4 Å². The molecule has 0 bridgehead atoms. The molecule has 0 radical (unpaired) electrons. The molecule has 0 saturated heterocycles. The standard InChI is InChI=1S/C25H20Cl3N3O4S2/c1-13(37(33)34)15-4-2-14(3-5-15)10-21(32)29-16-11-17(26)22(18(27)12-16)25(8-9-25)24-30-23(35-31-24)19-6-7-20(28)36-19/h2-7,11-13H,8-10H2,1H3,(H,29,32)(H,33,34). The lowest BCUT2D eigenvalue weighted by Gasteiger charge is -2.17. The van der Waals surface area contributed by atoms with E-state index in [1.807, 2.05) is 6.07 Å². The number of anilines is 1. The van der Waals surface area contributed by atoms with Crippen molar-refractivity contribution in [1.82, 2.24) is 10.1 Å². The van der Waals surface area contributed by atoms with Gasteiger partial charge in [0.05, 0.1) is 26.3 Å². The quantitative estimate of drug-likeness (QED) is 0.207. The van der Waals surface area contributed by atoms with Gasteiger partial charge in [0.2, 0.25) is 5.91 Å². The fourth-order valence-corrected chi connectivity index (χ4v) is 6.38. The van der Waals surface area contributed by atoms with E-state index in [0.717, 1.165) is 28.8 Å². The summed E-state index contributed by atoms with van der Waals surface area (Å²) in [5.74, 6) is 0.654. The van der Waals surface area contributed by atoms with Gasteiger partial charge in [-0.25, -0.2) is 4.21 Å². The molecule has 192 valence electrons. The molecule has 7 nitrogen and oxygen atoms in total. The Bertz CT molecular complexity index is 1480. The van der Waals surface area contributed by atoms with E-state index in [0.29, 0.717) is 37.3 Å². The third-order valence-electron chi connectivity index (χ3n) is 6.31. The van der Waals surface area contributed by atoms with Crippen LogP contribution in [0.25, 0.3) is 10.8 Å². The molecule has 0 spiro atoms. The molecule has 12 heteroatoms. The smallest absolute Gasteiger partial charge is 0.268 e. The lowest BCUT2D eigenvalue weighted by Crippen LogP contribution is -2.16. The van der Waals surface area contributed by atoms with Gasteiger partial charge in [-0.1, -0.05) is 64.2 Å². The van der Waals surface area contributed by atoms with Gasteiger partial charge >= 0.3 is 0 Å². The van der Waals surface area contributed by atoms with E-state index in [1.165, 1.54) is 11.3 Å². The van der Waals surface area contributed by atoms with Gasteiger partial charge in [-0.3, -0.25) is 4.79 Å². The lowest BCUT2D eigenvalue weighted by atomic mass is 9.94. The zero-order valence-corrected chi connectivity index (χ0v) is 23.2. The van der Waals surface area contributed by atoms with Crippen molar-refractivity contribution < 1.29 is 18.1 Å². The summed E-state index contributed by atoms with van der Waals surface area (Å²) in [6.07, 6.45) is 1.65.